The summed E-state index contributed by atoms with van der Waals surface area (Å²) in [5, 5.41) is 4.31. The van der Waals surface area contributed by atoms with E-state index in [0.717, 1.165) is 11.4 Å². The summed E-state index contributed by atoms with van der Waals surface area (Å²) < 4.78 is 6.71. The van der Waals surface area contributed by atoms with Gasteiger partial charge < -0.3 is 10.5 Å². The Labute approximate surface area is 93.1 Å². The van der Waals surface area contributed by atoms with Gasteiger partial charge in [-0.1, -0.05) is 0 Å². The van der Waals surface area contributed by atoms with Crippen LogP contribution < -0.4 is 10.5 Å². The van der Waals surface area contributed by atoms with Crippen LogP contribution in [0.2, 0.25) is 0 Å². The zero-order valence-electron chi connectivity index (χ0n) is 9.43. The second-order valence-corrected chi connectivity index (χ2v) is 3.46. The maximum absolute atomic E-state index is 5.89. The van der Waals surface area contributed by atoms with E-state index in [1.54, 1.807) is 4.68 Å². The Kier molecular flexibility index (Phi) is 2.47. The number of hydrogen-bond donors (Lipinski definition) is 1. The molecule has 0 aromatic carbocycles. The fraction of sp³-hybridized carbons (Fsp3) is 0.300. The van der Waals surface area contributed by atoms with Gasteiger partial charge in [0.2, 0.25) is 5.88 Å². The Hall–Kier alpha value is -2.11. The van der Waals surface area contributed by atoms with Crippen LogP contribution in [0.3, 0.4) is 0 Å². The monoisotopic (exact) mass is 219 g/mol. The van der Waals surface area contributed by atoms with Gasteiger partial charge in [-0.05, 0) is 19.9 Å². The predicted molar refractivity (Wildman–Crippen MR) is 59.6 cm³/mol. The Morgan fingerprint density at radius 1 is 1.31 bits per heavy atom. The predicted octanol–water partition coefficient (Wildman–Crippen LogP) is 0.870. The highest BCUT2D eigenvalue weighted by atomic mass is 16.5. The van der Waals surface area contributed by atoms with Crippen LogP contribution in [0.25, 0.3) is 5.82 Å². The lowest BCUT2D eigenvalue weighted by Gasteiger charge is -2.08. The van der Waals surface area contributed by atoms with Crippen LogP contribution in [0.4, 0.5) is 5.69 Å². The van der Waals surface area contributed by atoms with Gasteiger partial charge >= 0.3 is 0 Å². The van der Waals surface area contributed by atoms with Gasteiger partial charge in [-0.2, -0.15) is 10.1 Å². The van der Waals surface area contributed by atoms with E-state index in [2.05, 4.69) is 15.1 Å². The zero-order valence-corrected chi connectivity index (χ0v) is 9.43. The second-order valence-electron chi connectivity index (χ2n) is 3.46. The average Bonchev–Trinajstić information content (AvgIpc) is 2.58. The molecule has 16 heavy (non-hydrogen) atoms. The number of nitrogens with two attached hydrogens (primary N) is 1. The Morgan fingerprint density at radius 2 is 2.06 bits per heavy atom. The van der Waals surface area contributed by atoms with Crippen molar-refractivity contribution in [2.24, 2.45) is 0 Å². The van der Waals surface area contributed by atoms with Crippen molar-refractivity contribution in [2.75, 3.05) is 12.8 Å². The number of anilines is 1. The van der Waals surface area contributed by atoms with E-state index in [9.17, 15) is 0 Å². The smallest absolute Gasteiger partial charge is 0.242 e. The molecule has 0 atom stereocenters. The minimum Gasteiger partial charge on any atom is -0.479 e. The third-order valence-electron chi connectivity index (χ3n) is 2.23. The van der Waals surface area contributed by atoms with Crippen molar-refractivity contribution in [3.05, 3.63) is 23.8 Å². The van der Waals surface area contributed by atoms with Crippen LogP contribution in [0.15, 0.2) is 12.4 Å². The van der Waals surface area contributed by atoms with Crippen LogP contribution in [0.1, 0.15) is 11.4 Å². The van der Waals surface area contributed by atoms with Gasteiger partial charge in [0, 0.05) is 5.69 Å². The number of nitrogen functional groups attached to an aromatic ring is 1. The molecule has 0 aliphatic heterocycles. The molecule has 2 aromatic rings. The maximum atomic E-state index is 5.89. The summed E-state index contributed by atoms with van der Waals surface area (Å²) in [6, 6.07) is 1.95. The number of methoxy groups -OCH3 is 1. The van der Waals surface area contributed by atoms with Crippen LogP contribution in [0.5, 0.6) is 5.88 Å². The summed E-state index contributed by atoms with van der Waals surface area (Å²) in [4.78, 5) is 8.04. The van der Waals surface area contributed by atoms with Gasteiger partial charge in [-0.25, -0.2) is 9.67 Å². The molecule has 0 radical (unpaired) electrons. The lowest BCUT2D eigenvalue weighted by Crippen LogP contribution is -2.08. The van der Waals surface area contributed by atoms with Gasteiger partial charge in [0.15, 0.2) is 5.82 Å². The molecule has 0 aliphatic rings. The van der Waals surface area contributed by atoms with E-state index < -0.39 is 0 Å². The molecule has 6 nitrogen and oxygen atoms in total. The molecule has 0 saturated carbocycles. The quantitative estimate of drug-likeness (QED) is 0.810. The minimum atomic E-state index is 0.359. The van der Waals surface area contributed by atoms with Crippen molar-refractivity contribution < 1.29 is 4.74 Å². The minimum absolute atomic E-state index is 0.359. The molecule has 2 rings (SSSR count). The molecular formula is C10H13N5O. The molecule has 0 fully saturated rings. The summed E-state index contributed by atoms with van der Waals surface area (Å²) in [5.74, 6) is 0.898. The number of aryl methyl sites for hydroxylation is 2. The van der Waals surface area contributed by atoms with Crippen molar-refractivity contribution in [1.29, 1.82) is 0 Å². The van der Waals surface area contributed by atoms with Crippen LogP contribution in [0, 0.1) is 13.8 Å². The second kappa shape index (κ2) is 3.80. The molecule has 0 unspecified atom stereocenters. The molecule has 84 valence electrons. The molecule has 0 bridgehead atoms. The largest absolute Gasteiger partial charge is 0.479 e. The summed E-state index contributed by atoms with van der Waals surface area (Å²) in [7, 11) is 1.52. The number of rotatable bonds is 2. The van der Waals surface area contributed by atoms with Gasteiger partial charge in [-0.3, -0.25) is 0 Å². The van der Waals surface area contributed by atoms with Crippen molar-refractivity contribution in [3.63, 3.8) is 0 Å². The zero-order chi connectivity index (χ0) is 11.7. The maximum Gasteiger partial charge on any atom is 0.242 e. The molecule has 2 N–H and O–H groups in total. The van der Waals surface area contributed by atoms with E-state index >= 15 is 0 Å². The van der Waals surface area contributed by atoms with Crippen LogP contribution in [-0.4, -0.2) is 26.9 Å². The van der Waals surface area contributed by atoms with E-state index in [1.807, 2.05) is 19.9 Å². The Balaban J connectivity index is 2.60. The molecule has 0 aliphatic carbocycles. The van der Waals surface area contributed by atoms with Gasteiger partial charge in [0.25, 0.3) is 0 Å². The Bertz CT molecular complexity index is 520. The van der Waals surface area contributed by atoms with Crippen LogP contribution >= 0.6 is 0 Å². The first kappa shape index (κ1) is 10.4. The fourth-order valence-electron chi connectivity index (χ4n) is 1.55. The average molecular weight is 219 g/mol. The first-order valence-electron chi connectivity index (χ1n) is 4.81. The lowest BCUT2D eigenvalue weighted by molar-refractivity contribution is 0.399. The molecular weight excluding hydrogens is 206 g/mol. The number of aromatic nitrogens is 4. The fourth-order valence-corrected chi connectivity index (χ4v) is 1.55. The Morgan fingerprint density at radius 3 is 2.62 bits per heavy atom. The summed E-state index contributed by atoms with van der Waals surface area (Å²) in [6.07, 6.45) is 1.40. The third-order valence-corrected chi connectivity index (χ3v) is 2.23. The first-order chi connectivity index (χ1) is 7.63. The molecule has 0 amide bonds. The highest BCUT2D eigenvalue weighted by Crippen LogP contribution is 2.23. The van der Waals surface area contributed by atoms with E-state index in [4.69, 9.17) is 10.5 Å². The molecule has 6 heteroatoms. The topological polar surface area (TPSA) is 78.9 Å². The summed E-state index contributed by atoms with van der Waals surface area (Å²) >= 11 is 0. The summed E-state index contributed by atoms with van der Waals surface area (Å²) in [6.45, 7) is 3.85. The molecule has 2 aromatic heterocycles. The van der Waals surface area contributed by atoms with E-state index in [-0.39, 0.29) is 0 Å². The van der Waals surface area contributed by atoms with Gasteiger partial charge in [0.05, 0.1) is 12.8 Å². The van der Waals surface area contributed by atoms with E-state index in [0.29, 0.717) is 17.4 Å². The van der Waals surface area contributed by atoms with Crippen molar-refractivity contribution in [1.82, 2.24) is 19.7 Å². The number of ether oxygens (including phenoxy) is 1. The molecule has 0 saturated heterocycles. The summed E-state index contributed by atoms with van der Waals surface area (Å²) in [5.41, 5.74) is 8.15. The van der Waals surface area contributed by atoms with Crippen molar-refractivity contribution >= 4 is 5.69 Å². The van der Waals surface area contributed by atoms with Gasteiger partial charge in [0.1, 0.15) is 12.0 Å². The first-order valence-corrected chi connectivity index (χ1v) is 4.81. The van der Waals surface area contributed by atoms with E-state index in [1.165, 1.54) is 13.4 Å². The normalized spacial score (nSPS) is 10.4. The van der Waals surface area contributed by atoms with Crippen LogP contribution in [-0.2, 0) is 0 Å². The standard InChI is InChI=1S/C10H13N5O/c1-6-4-7(2)15(14-6)9-8(11)10(16-3)13-5-12-9/h4-5H,11H2,1-3H3. The SMILES string of the molecule is COc1ncnc(-n2nc(C)cc2C)c1N. The molecule has 0 spiro atoms. The highest BCUT2D eigenvalue weighted by Gasteiger charge is 2.12. The number of hydrogen-bond acceptors (Lipinski definition) is 5. The molecule has 2 heterocycles. The third kappa shape index (κ3) is 1.58. The van der Waals surface area contributed by atoms with Crippen molar-refractivity contribution in [3.8, 4) is 11.7 Å². The lowest BCUT2D eigenvalue weighted by atomic mass is 10.4. The van der Waals surface area contributed by atoms with Gasteiger partial charge in [-0.15, -0.1) is 0 Å². The highest BCUT2D eigenvalue weighted by molar-refractivity contribution is 5.59. The van der Waals surface area contributed by atoms with Crippen molar-refractivity contribution in [2.45, 2.75) is 13.8 Å². The number of nitrogens with zero attached hydrogens (tertiary/aromatic N) is 4.